The normalized spacial score (nSPS) is 17.8. The minimum Gasteiger partial charge on any atom is -0.484 e. The van der Waals surface area contributed by atoms with Crippen LogP contribution in [0.4, 0.5) is 5.69 Å². The van der Waals surface area contributed by atoms with E-state index in [2.05, 4.69) is 17.3 Å². The molecule has 1 fully saturated rings. The van der Waals surface area contributed by atoms with Crippen molar-refractivity contribution in [1.82, 2.24) is 10.2 Å². The molecule has 0 radical (unpaired) electrons. The molecule has 8 heteroatoms. The molecular formula is C23H29N3O4S. The monoisotopic (exact) mass is 443 g/mol. The molecule has 2 aliphatic heterocycles. The number of carbonyl (C=O) groups is 1. The highest BCUT2D eigenvalue weighted by Crippen LogP contribution is 2.32. The van der Waals surface area contributed by atoms with E-state index in [1.807, 2.05) is 24.3 Å². The van der Waals surface area contributed by atoms with Gasteiger partial charge >= 0.3 is 0 Å². The number of amides is 1. The summed E-state index contributed by atoms with van der Waals surface area (Å²) >= 11 is 0. The van der Waals surface area contributed by atoms with Crippen LogP contribution in [0, 0.1) is 0 Å². The maximum absolute atomic E-state index is 13.2. The maximum atomic E-state index is 13.2. The number of hydrogen-bond acceptors (Lipinski definition) is 5. The van der Waals surface area contributed by atoms with Crippen molar-refractivity contribution in [3.05, 3.63) is 54.1 Å². The zero-order valence-electron chi connectivity index (χ0n) is 17.8. The van der Waals surface area contributed by atoms with Crippen molar-refractivity contribution in [3.63, 3.8) is 0 Å². The van der Waals surface area contributed by atoms with Gasteiger partial charge in [-0.15, -0.1) is 0 Å². The van der Waals surface area contributed by atoms with Gasteiger partial charge in [0.25, 0.3) is 15.9 Å². The lowest BCUT2D eigenvalue weighted by Crippen LogP contribution is -2.44. The molecule has 4 rings (SSSR count). The fraction of sp³-hybridized carbons (Fsp3) is 0.435. The number of carbonyl (C=O) groups excluding carboxylic acids is 1. The summed E-state index contributed by atoms with van der Waals surface area (Å²) in [5.74, 6) is 0.313. The summed E-state index contributed by atoms with van der Waals surface area (Å²) in [6.07, 6.45) is 3.56. The van der Waals surface area contributed by atoms with E-state index in [0.29, 0.717) is 12.3 Å². The number of rotatable bonds is 6. The van der Waals surface area contributed by atoms with Crippen molar-refractivity contribution in [1.29, 1.82) is 0 Å². The van der Waals surface area contributed by atoms with Gasteiger partial charge in [-0.2, -0.15) is 0 Å². The van der Waals surface area contributed by atoms with Crippen molar-refractivity contribution in [2.45, 2.75) is 36.6 Å². The van der Waals surface area contributed by atoms with Gasteiger partial charge in [-0.25, -0.2) is 8.42 Å². The van der Waals surface area contributed by atoms with Crippen LogP contribution in [0.3, 0.4) is 0 Å². The number of anilines is 1. The van der Waals surface area contributed by atoms with Crippen molar-refractivity contribution in [2.75, 3.05) is 37.6 Å². The van der Waals surface area contributed by atoms with E-state index >= 15 is 0 Å². The Morgan fingerprint density at radius 2 is 1.77 bits per heavy atom. The molecule has 31 heavy (non-hydrogen) atoms. The van der Waals surface area contributed by atoms with Crippen LogP contribution in [0.2, 0.25) is 0 Å². The second kappa shape index (κ2) is 9.28. The Morgan fingerprint density at radius 3 is 2.52 bits per heavy atom. The van der Waals surface area contributed by atoms with Crippen LogP contribution in [0.1, 0.15) is 24.8 Å². The molecule has 0 atom stereocenters. The van der Waals surface area contributed by atoms with Gasteiger partial charge in [0, 0.05) is 12.6 Å². The molecule has 1 N–H and O–H groups in total. The Balaban J connectivity index is 1.36. The summed E-state index contributed by atoms with van der Waals surface area (Å²) < 4.78 is 33.4. The lowest BCUT2D eigenvalue weighted by molar-refractivity contribution is -0.124. The van der Waals surface area contributed by atoms with Gasteiger partial charge in [-0.05, 0) is 81.7 Å². The Hall–Kier alpha value is -2.58. The summed E-state index contributed by atoms with van der Waals surface area (Å²) in [7, 11) is -1.57. The van der Waals surface area contributed by atoms with Crippen LogP contribution in [-0.2, 0) is 21.2 Å². The van der Waals surface area contributed by atoms with Crippen molar-refractivity contribution in [2.24, 2.45) is 0 Å². The first-order valence-electron chi connectivity index (χ1n) is 10.7. The number of ether oxygens (including phenoxy) is 1. The molecule has 0 saturated carbocycles. The second-order valence-electron chi connectivity index (χ2n) is 8.21. The lowest BCUT2D eigenvalue weighted by atomic mass is 10.0. The van der Waals surface area contributed by atoms with Crippen molar-refractivity contribution >= 4 is 21.6 Å². The van der Waals surface area contributed by atoms with Gasteiger partial charge in [-0.1, -0.05) is 18.2 Å². The number of sulfonamides is 1. The summed E-state index contributed by atoms with van der Waals surface area (Å²) in [5.41, 5.74) is 1.80. The predicted molar refractivity (Wildman–Crippen MR) is 120 cm³/mol. The van der Waals surface area contributed by atoms with Gasteiger partial charge in [0.1, 0.15) is 5.75 Å². The molecule has 0 unspecified atom stereocenters. The molecule has 7 nitrogen and oxygen atoms in total. The molecular weight excluding hydrogens is 414 g/mol. The number of benzene rings is 2. The molecule has 2 aromatic carbocycles. The number of piperidine rings is 1. The molecule has 0 spiro atoms. The topological polar surface area (TPSA) is 79.0 Å². The third-order valence-corrected chi connectivity index (χ3v) is 7.76. The highest BCUT2D eigenvalue weighted by molar-refractivity contribution is 7.92. The fourth-order valence-corrected chi connectivity index (χ4v) is 5.70. The number of fused-ring (bicyclic) bond motifs is 1. The third kappa shape index (κ3) is 5.02. The number of nitrogens with zero attached hydrogens (tertiary/aromatic N) is 2. The van der Waals surface area contributed by atoms with E-state index in [1.54, 1.807) is 12.1 Å². The number of hydrogen-bond donors (Lipinski definition) is 1. The average molecular weight is 444 g/mol. The molecule has 0 aromatic heterocycles. The third-order valence-electron chi connectivity index (χ3n) is 5.93. The maximum Gasteiger partial charge on any atom is 0.264 e. The van der Waals surface area contributed by atoms with E-state index in [-0.39, 0.29) is 23.5 Å². The van der Waals surface area contributed by atoms with Crippen LogP contribution in [0.15, 0.2) is 53.4 Å². The predicted octanol–water partition coefficient (Wildman–Crippen LogP) is 2.42. The molecule has 2 aromatic rings. The highest BCUT2D eigenvalue weighted by Gasteiger charge is 2.28. The van der Waals surface area contributed by atoms with Gasteiger partial charge in [0.15, 0.2) is 6.61 Å². The minimum absolute atomic E-state index is 0.0854. The SMILES string of the molecule is CN1CCC(NC(=O)COc2ccc(S(=O)(=O)N3CCCc4ccccc43)cc2)CC1. The first kappa shape index (κ1) is 21.6. The molecule has 166 valence electrons. The van der Waals surface area contributed by atoms with Gasteiger partial charge in [0.05, 0.1) is 10.6 Å². The van der Waals surface area contributed by atoms with E-state index in [9.17, 15) is 13.2 Å². The average Bonchev–Trinajstić information content (AvgIpc) is 2.79. The summed E-state index contributed by atoms with van der Waals surface area (Å²) in [5, 5.41) is 3.00. The second-order valence-corrected chi connectivity index (χ2v) is 10.1. The van der Waals surface area contributed by atoms with E-state index < -0.39 is 10.0 Å². The van der Waals surface area contributed by atoms with Crippen LogP contribution < -0.4 is 14.4 Å². The molecule has 1 amide bonds. The van der Waals surface area contributed by atoms with Gasteiger partial charge < -0.3 is 15.0 Å². The quantitative estimate of drug-likeness (QED) is 0.742. The van der Waals surface area contributed by atoms with Crippen molar-refractivity contribution in [3.8, 4) is 5.75 Å². The Morgan fingerprint density at radius 1 is 1.06 bits per heavy atom. The number of aryl methyl sites for hydroxylation is 1. The minimum atomic E-state index is -3.65. The number of likely N-dealkylation sites (tertiary alicyclic amines) is 1. The zero-order chi connectivity index (χ0) is 21.8. The molecule has 0 aliphatic carbocycles. The molecule has 1 saturated heterocycles. The van der Waals surface area contributed by atoms with E-state index in [1.165, 1.54) is 16.4 Å². The van der Waals surface area contributed by atoms with Crippen LogP contribution in [0.25, 0.3) is 0 Å². The lowest BCUT2D eigenvalue weighted by Gasteiger charge is -2.30. The standard InChI is InChI=1S/C23H29N3O4S/c1-25-15-12-19(13-16-25)24-23(27)17-30-20-8-10-21(11-9-20)31(28,29)26-14-4-6-18-5-2-3-7-22(18)26/h2-3,5,7-11,19H,4,6,12-17H2,1H3,(H,24,27). The smallest absolute Gasteiger partial charge is 0.264 e. The van der Waals surface area contributed by atoms with Gasteiger partial charge in [0.2, 0.25) is 0 Å². The van der Waals surface area contributed by atoms with Crippen LogP contribution in [-0.4, -0.2) is 58.6 Å². The van der Waals surface area contributed by atoms with E-state index in [0.717, 1.165) is 50.0 Å². The first-order chi connectivity index (χ1) is 14.9. The van der Waals surface area contributed by atoms with Crippen LogP contribution >= 0.6 is 0 Å². The molecule has 2 heterocycles. The summed E-state index contributed by atoms with van der Waals surface area (Å²) in [6.45, 7) is 2.33. The highest BCUT2D eigenvalue weighted by atomic mass is 32.2. The Kier molecular flexibility index (Phi) is 6.48. The molecule has 0 bridgehead atoms. The van der Waals surface area contributed by atoms with Crippen LogP contribution in [0.5, 0.6) is 5.75 Å². The van der Waals surface area contributed by atoms with E-state index in [4.69, 9.17) is 4.74 Å². The Bertz CT molecular complexity index is 1020. The first-order valence-corrected chi connectivity index (χ1v) is 12.2. The zero-order valence-corrected chi connectivity index (χ0v) is 18.6. The number of nitrogens with one attached hydrogen (secondary N) is 1. The number of para-hydroxylation sites is 1. The Labute approximate surface area is 184 Å². The van der Waals surface area contributed by atoms with Gasteiger partial charge in [-0.3, -0.25) is 9.10 Å². The molecule has 2 aliphatic rings. The summed E-state index contributed by atoms with van der Waals surface area (Å²) in [6, 6.07) is 14.1. The fourth-order valence-electron chi connectivity index (χ4n) is 4.15. The summed E-state index contributed by atoms with van der Waals surface area (Å²) in [4.78, 5) is 14.6. The largest absolute Gasteiger partial charge is 0.484 e. The van der Waals surface area contributed by atoms with Crippen molar-refractivity contribution < 1.29 is 17.9 Å².